The summed E-state index contributed by atoms with van der Waals surface area (Å²) >= 11 is 0. The second-order valence-corrected chi connectivity index (χ2v) is 3.81. The Morgan fingerprint density at radius 1 is 1.33 bits per heavy atom. The average molecular weight is 203 g/mol. The molecule has 2 aromatic rings. The van der Waals surface area contributed by atoms with Gasteiger partial charge in [0, 0.05) is 5.39 Å². The van der Waals surface area contributed by atoms with Crippen molar-refractivity contribution < 1.29 is 9.21 Å². The molecule has 1 aromatic heterocycles. The van der Waals surface area contributed by atoms with Crippen LogP contribution in [0.3, 0.4) is 0 Å². The third-order valence-electron chi connectivity index (χ3n) is 2.24. The molecule has 0 N–H and O–H groups in total. The van der Waals surface area contributed by atoms with Crippen molar-refractivity contribution in [3.63, 3.8) is 0 Å². The van der Waals surface area contributed by atoms with Gasteiger partial charge in [-0.15, -0.1) is 0 Å². The van der Waals surface area contributed by atoms with E-state index in [0.29, 0.717) is 12.1 Å². The van der Waals surface area contributed by atoms with E-state index in [2.05, 4.69) is 0 Å². The molecule has 15 heavy (non-hydrogen) atoms. The van der Waals surface area contributed by atoms with Crippen molar-refractivity contribution in [1.82, 2.24) is 4.90 Å². The van der Waals surface area contributed by atoms with E-state index >= 15 is 0 Å². The first kappa shape index (κ1) is 9.93. The van der Waals surface area contributed by atoms with Gasteiger partial charge in [-0.05, 0) is 20.2 Å². The Hall–Kier alpha value is -1.61. The Balaban J connectivity index is 2.40. The molecule has 3 nitrogen and oxygen atoms in total. The second-order valence-electron chi connectivity index (χ2n) is 3.81. The van der Waals surface area contributed by atoms with E-state index in [1.807, 2.05) is 43.3 Å². The molecule has 0 amide bonds. The van der Waals surface area contributed by atoms with Gasteiger partial charge in [0.05, 0.1) is 12.1 Å². The molecule has 0 spiro atoms. The smallest absolute Gasteiger partial charge is 0.180 e. The number of carbonyl (C=O) groups excluding carboxylic acids is 1. The standard InChI is InChI=1S/C12H13NO2/c1-13(2)7-11(14)10-8-15-12-6-4-3-5-9(10)12/h3-6,8H,7H2,1-2H3. The summed E-state index contributed by atoms with van der Waals surface area (Å²) in [5.74, 6) is 0.0879. The summed E-state index contributed by atoms with van der Waals surface area (Å²) in [5.41, 5.74) is 1.43. The molecule has 0 saturated heterocycles. The highest BCUT2D eigenvalue weighted by atomic mass is 16.3. The lowest BCUT2D eigenvalue weighted by molar-refractivity contribution is 0.0958. The van der Waals surface area contributed by atoms with Crippen molar-refractivity contribution in [2.24, 2.45) is 0 Å². The van der Waals surface area contributed by atoms with E-state index in [4.69, 9.17) is 4.42 Å². The molecule has 0 radical (unpaired) electrons. The number of hydrogen-bond donors (Lipinski definition) is 0. The quantitative estimate of drug-likeness (QED) is 0.717. The third-order valence-corrected chi connectivity index (χ3v) is 2.24. The first-order valence-electron chi connectivity index (χ1n) is 4.82. The zero-order valence-electron chi connectivity index (χ0n) is 8.86. The number of benzene rings is 1. The number of likely N-dealkylation sites (N-methyl/N-ethyl adjacent to an activating group) is 1. The van der Waals surface area contributed by atoms with E-state index in [-0.39, 0.29) is 5.78 Å². The van der Waals surface area contributed by atoms with Crippen LogP contribution in [0.5, 0.6) is 0 Å². The minimum atomic E-state index is 0.0879. The van der Waals surface area contributed by atoms with Gasteiger partial charge in [0.25, 0.3) is 0 Å². The van der Waals surface area contributed by atoms with Gasteiger partial charge in [-0.3, -0.25) is 4.79 Å². The number of para-hydroxylation sites is 1. The van der Waals surface area contributed by atoms with E-state index in [1.54, 1.807) is 0 Å². The highest BCUT2D eigenvalue weighted by molar-refractivity contribution is 6.07. The molecule has 0 atom stereocenters. The van der Waals surface area contributed by atoms with E-state index in [9.17, 15) is 4.79 Å². The van der Waals surface area contributed by atoms with E-state index < -0.39 is 0 Å². The Labute approximate surface area is 88.3 Å². The number of furan rings is 1. The van der Waals surface area contributed by atoms with Crippen LogP contribution in [0.1, 0.15) is 10.4 Å². The van der Waals surface area contributed by atoms with Gasteiger partial charge in [-0.2, -0.15) is 0 Å². The largest absolute Gasteiger partial charge is 0.464 e. The van der Waals surface area contributed by atoms with Crippen molar-refractivity contribution in [2.45, 2.75) is 0 Å². The fourth-order valence-electron chi connectivity index (χ4n) is 1.57. The maximum Gasteiger partial charge on any atom is 0.180 e. The third kappa shape index (κ3) is 1.92. The summed E-state index contributed by atoms with van der Waals surface area (Å²) < 4.78 is 5.31. The molecule has 0 fully saturated rings. The van der Waals surface area contributed by atoms with E-state index in [1.165, 1.54) is 6.26 Å². The Bertz CT molecular complexity index is 485. The van der Waals surface area contributed by atoms with Crippen molar-refractivity contribution in [3.05, 3.63) is 36.1 Å². The van der Waals surface area contributed by atoms with E-state index in [0.717, 1.165) is 11.0 Å². The first-order valence-corrected chi connectivity index (χ1v) is 4.82. The molecule has 0 aliphatic heterocycles. The molecule has 3 heteroatoms. The van der Waals surface area contributed by atoms with Crippen LogP contribution in [0.2, 0.25) is 0 Å². The summed E-state index contributed by atoms with van der Waals surface area (Å²) in [6.45, 7) is 0.406. The maximum atomic E-state index is 11.8. The highest BCUT2D eigenvalue weighted by Crippen LogP contribution is 2.20. The van der Waals surface area contributed by atoms with Crippen LogP contribution in [0.25, 0.3) is 11.0 Å². The summed E-state index contributed by atoms with van der Waals surface area (Å²) in [5, 5.41) is 0.893. The van der Waals surface area contributed by atoms with Crippen LogP contribution in [0.4, 0.5) is 0 Å². The van der Waals surface area contributed by atoms with Crippen LogP contribution in [0.15, 0.2) is 34.9 Å². The van der Waals surface area contributed by atoms with Gasteiger partial charge in [-0.25, -0.2) is 0 Å². The van der Waals surface area contributed by atoms with Crippen LogP contribution in [-0.4, -0.2) is 31.3 Å². The van der Waals surface area contributed by atoms with Crippen LogP contribution < -0.4 is 0 Å². The van der Waals surface area contributed by atoms with Crippen LogP contribution >= 0.6 is 0 Å². The van der Waals surface area contributed by atoms with Gasteiger partial charge in [0.1, 0.15) is 11.8 Å². The lowest BCUT2D eigenvalue weighted by Crippen LogP contribution is -2.21. The summed E-state index contributed by atoms with van der Waals surface area (Å²) in [6, 6.07) is 7.57. The number of fused-ring (bicyclic) bond motifs is 1. The first-order chi connectivity index (χ1) is 7.18. The Morgan fingerprint density at radius 3 is 2.80 bits per heavy atom. The van der Waals surface area contributed by atoms with Crippen molar-refractivity contribution in [3.8, 4) is 0 Å². The van der Waals surface area contributed by atoms with Gasteiger partial charge in [-0.1, -0.05) is 18.2 Å². The normalized spacial score (nSPS) is 11.1. The lowest BCUT2D eigenvalue weighted by Gasteiger charge is -2.06. The van der Waals surface area contributed by atoms with Gasteiger partial charge in [0.2, 0.25) is 0 Å². The molecule has 78 valence electrons. The molecular formula is C12H13NO2. The summed E-state index contributed by atoms with van der Waals surface area (Å²) in [4.78, 5) is 13.7. The zero-order valence-corrected chi connectivity index (χ0v) is 8.86. The van der Waals surface area contributed by atoms with Crippen LogP contribution in [-0.2, 0) is 0 Å². The molecule has 0 unspecified atom stereocenters. The average Bonchev–Trinajstić information content (AvgIpc) is 2.59. The number of nitrogens with zero attached hydrogens (tertiary/aromatic N) is 1. The van der Waals surface area contributed by atoms with Crippen LogP contribution in [0, 0.1) is 0 Å². The second kappa shape index (κ2) is 3.87. The number of hydrogen-bond acceptors (Lipinski definition) is 3. The molecule has 1 heterocycles. The number of ketones is 1. The fourth-order valence-corrected chi connectivity index (χ4v) is 1.57. The lowest BCUT2D eigenvalue weighted by atomic mass is 10.1. The minimum Gasteiger partial charge on any atom is -0.464 e. The Kier molecular flexibility index (Phi) is 2.56. The molecule has 0 aliphatic rings. The molecular weight excluding hydrogens is 190 g/mol. The summed E-state index contributed by atoms with van der Waals surface area (Å²) in [7, 11) is 3.75. The Morgan fingerprint density at radius 2 is 2.07 bits per heavy atom. The highest BCUT2D eigenvalue weighted by Gasteiger charge is 2.13. The predicted molar refractivity (Wildman–Crippen MR) is 59.1 cm³/mol. The maximum absolute atomic E-state index is 11.8. The summed E-state index contributed by atoms with van der Waals surface area (Å²) in [6.07, 6.45) is 1.54. The SMILES string of the molecule is CN(C)CC(=O)c1coc2ccccc12. The van der Waals surface area contributed by atoms with Gasteiger partial charge < -0.3 is 9.32 Å². The molecule has 0 bridgehead atoms. The minimum absolute atomic E-state index is 0.0879. The number of Topliss-reactive ketones (excluding diaryl/α,β-unsaturated/α-hetero) is 1. The molecule has 0 saturated carbocycles. The fraction of sp³-hybridized carbons (Fsp3) is 0.250. The van der Waals surface area contributed by atoms with Crippen molar-refractivity contribution in [1.29, 1.82) is 0 Å². The number of carbonyl (C=O) groups is 1. The topological polar surface area (TPSA) is 33.5 Å². The molecule has 0 aliphatic carbocycles. The number of rotatable bonds is 3. The zero-order chi connectivity index (χ0) is 10.8. The van der Waals surface area contributed by atoms with Crippen molar-refractivity contribution >= 4 is 16.8 Å². The van der Waals surface area contributed by atoms with Gasteiger partial charge in [0.15, 0.2) is 5.78 Å². The molecule has 2 rings (SSSR count). The van der Waals surface area contributed by atoms with Crippen molar-refractivity contribution in [2.75, 3.05) is 20.6 Å². The van der Waals surface area contributed by atoms with Gasteiger partial charge >= 0.3 is 0 Å². The predicted octanol–water partition coefficient (Wildman–Crippen LogP) is 2.18. The monoisotopic (exact) mass is 203 g/mol. The molecule has 1 aromatic carbocycles.